The van der Waals surface area contributed by atoms with Crippen molar-refractivity contribution in [3.63, 3.8) is 0 Å². The van der Waals surface area contributed by atoms with Gasteiger partial charge in [0.05, 0.1) is 16.8 Å². The van der Waals surface area contributed by atoms with Gasteiger partial charge in [-0.25, -0.2) is 4.98 Å². The third-order valence-electron chi connectivity index (χ3n) is 6.25. The highest BCUT2D eigenvalue weighted by molar-refractivity contribution is 6.35. The molecule has 2 aromatic heterocycles. The van der Waals surface area contributed by atoms with Crippen molar-refractivity contribution in [3.05, 3.63) is 65.8 Å². The summed E-state index contributed by atoms with van der Waals surface area (Å²) in [6.07, 6.45) is 1.57. The summed E-state index contributed by atoms with van der Waals surface area (Å²) in [6.45, 7) is 7.07. The number of hydrogen-bond acceptors (Lipinski definition) is 8. The molecule has 0 spiro atoms. The number of hydrogen-bond donors (Lipinski definition) is 3. The molecule has 184 valence electrons. The molecular formula is C26H26ClN7O2. The summed E-state index contributed by atoms with van der Waals surface area (Å²) in [5.41, 5.74) is 4.13. The van der Waals surface area contributed by atoms with E-state index in [2.05, 4.69) is 43.9 Å². The Kier molecular flexibility index (Phi) is 6.58. The van der Waals surface area contributed by atoms with Crippen molar-refractivity contribution >= 4 is 45.7 Å². The van der Waals surface area contributed by atoms with E-state index in [1.807, 2.05) is 30.3 Å². The number of allylic oxidation sites excluding steroid dienone is 1. The second kappa shape index (κ2) is 9.96. The number of ketones is 1. The van der Waals surface area contributed by atoms with Crippen molar-refractivity contribution in [2.75, 3.05) is 43.4 Å². The fraction of sp³-hybridized carbons (Fsp3) is 0.231. The van der Waals surface area contributed by atoms with Gasteiger partial charge >= 0.3 is 0 Å². The third-order valence-corrected chi connectivity index (χ3v) is 6.52. The van der Waals surface area contributed by atoms with Crippen LogP contribution in [0.15, 0.2) is 55.1 Å². The molecule has 3 heterocycles. The number of piperazine rings is 1. The number of phenols is 1. The number of carbonyl (C=O) groups is 1. The van der Waals surface area contributed by atoms with E-state index in [1.54, 1.807) is 12.1 Å². The van der Waals surface area contributed by atoms with Crippen molar-refractivity contribution in [2.24, 2.45) is 0 Å². The SMILES string of the molecule is C=CC(=O)Cc1cccc(-c2nc(Nc3ccc(O)c(N4CCN(C)CC4)c3)nc3n[nH]c(Cl)c23)c1. The fourth-order valence-corrected chi connectivity index (χ4v) is 4.50. The number of anilines is 3. The normalized spacial score (nSPS) is 14.2. The zero-order chi connectivity index (χ0) is 25.2. The minimum absolute atomic E-state index is 0.0628. The Balaban J connectivity index is 1.50. The number of aromatic hydroxyl groups is 1. The molecule has 0 atom stereocenters. The van der Waals surface area contributed by atoms with Crippen LogP contribution in [0.5, 0.6) is 5.75 Å². The number of likely N-dealkylation sites (N-methyl/N-ethyl adjacent to an activating group) is 1. The second-order valence-corrected chi connectivity index (χ2v) is 9.18. The molecule has 1 aliphatic heterocycles. The molecule has 0 aliphatic carbocycles. The Morgan fingerprint density at radius 2 is 2.00 bits per heavy atom. The summed E-state index contributed by atoms with van der Waals surface area (Å²) in [4.78, 5) is 25.6. The monoisotopic (exact) mass is 503 g/mol. The molecule has 9 nitrogen and oxygen atoms in total. The van der Waals surface area contributed by atoms with Crippen molar-refractivity contribution in [3.8, 4) is 17.0 Å². The van der Waals surface area contributed by atoms with Crippen LogP contribution in [0, 0.1) is 0 Å². The summed E-state index contributed by atoms with van der Waals surface area (Å²) in [6, 6.07) is 12.9. The third kappa shape index (κ3) is 4.89. The van der Waals surface area contributed by atoms with Crippen LogP contribution >= 0.6 is 11.6 Å². The number of rotatable bonds is 7. The number of nitrogens with zero attached hydrogens (tertiary/aromatic N) is 5. The molecule has 0 radical (unpaired) electrons. The van der Waals surface area contributed by atoms with Crippen molar-refractivity contribution < 1.29 is 9.90 Å². The van der Waals surface area contributed by atoms with E-state index >= 15 is 0 Å². The molecule has 10 heteroatoms. The minimum atomic E-state index is -0.0628. The summed E-state index contributed by atoms with van der Waals surface area (Å²) in [7, 11) is 2.09. The van der Waals surface area contributed by atoms with Crippen molar-refractivity contribution in [2.45, 2.75) is 6.42 Å². The number of aromatic amines is 1. The highest BCUT2D eigenvalue weighted by atomic mass is 35.5. The molecule has 4 aromatic rings. The Labute approximate surface area is 213 Å². The molecule has 5 rings (SSSR count). The van der Waals surface area contributed by atoms with Crippen LogP contribution in [0.25, 0.3) is 22.3 Å². The van der Waals surface area contributed by atoms with Gasteiger partial charge in [-0.3, -0.25) is 9.89 Å². The number of H-pyrrole nitrogens is 1. The summed E-state index contributed by atoms with van der Waals surface area (Å²) in [5.74, 6) is 0.502. The number of phenolic OH excluding ortho intramolecular Hbond substituents is 1. The average molecular weight is 504 g/mol. The molecule has 2 aromatic carbocycles. The lowest BCUT2D eigenvalue weighted by atomic mass is 10.0. The van der Waals surface area contributed by atoms with Crippen LogP contribution in [0.4, 0.5) is 17.3 Å². The van der Waals surface area contributed by atoms with E-state index < -0.39 is 0 Å². The molecule has 1 saturated heterocycles. The standard InChI is InChI=1S/C26H26ClN7O2/c1-3-19(35)14-16-5-4-6-17(13-16)23-22-24(27)31-32-25(22)30-26(29-23)28-18-7-8-21(36)20(15-18)34-11-9-33(2)10-12-34/h3-8,13,15,36H,1,9-12,14H2,2H3,(H2,28,29,30,31,32). The van der Waals surface area contributed by atoms with Crippen LogP contribution in [0.3, 0.4) is 0 Å². The van der Waals surface area contributed by atoms with E-state index in [4.69, 9.17) is 16.6 Å². The summed E-state index contributed by atoms with van der Waals surface area (Å²) in [5, 5.41) is 21.7. The highest BCUT2D eigenvalue weighted by Crippen LogP contribution is 2.34. The van der Waals surface area contributed by atoms with Crippen LogP contribution in [0.2, 0.25) is 5.15 Å². The maximum absolute atomic E-state index is 11.9. The van der Waals surface area contributed by atoms with Gasteiger partial charge in [0.25, 0.3) is 0 Å². The lowest BCUT2D eigenvalue weighted by molar-refractivity contribution is -0.114. The Bertz CT molecular complexity index is 1440. The van der Waals surface area contributed by atoms with Gasteiger partial charge in [0.2, 0.25) is 5.95 Å². The van der Waals surface area contributed by atoms with Gasteiger partial charge in [0, 0.05) is 43.9 Å². The van der Waals surface area contributed by atoms with Crippen LogP contribution in [0.1, 0.15) is 5.56 Å². The maximum Gasteiger partial charge on any atom is 0.229 e. The molecule has 36 heavy (non-hydrogen) atoms. The summed E-state index contributed by atoms with van der Waals surface area (Å²) >= 11 is 6.40. The topological polar surface area (TPSA) is 110 Å². The van der Waals surface area contributed by atoms with Crippen molar-refractivity contribution in [1.29, 1.82) is 0 Å². The highest BCUT2D eigenvalue weighted by Gasteiger charge is 2.19. The molecule has 1 aliphatic rings. The first-order valence-corrected chi connectivity index (χ1v) is 12.0. The fourth-order valence-electron chi connectivity index (χ4n) is 4.29. The Hall–Kier alpha value is -3.95. The zero-order valence-corrected chi connectivity index (χ0v) is 20.6. The van der Waals surface area contributed by atoms with E-state index in [9.17, 15) is 9.90 Å². The van der Waals surface area contributed by atoms with Crippen LogP contribution < -0.4 is 10.2 Å². The smallest absolute Gasteiger partial charge is 0.229 e. The Morgan fingerprint density at radius 1 is 1.19 bits per heavy atom. The zero-order valence-electron chi connectivity index (χ0n) is 19.8. The second-order valence-electron chi connectivity index (χ2n) is 8.80. The molecule has 1 fully saturated rings. The number of nitrogens with one attached hydrogen (secondary N) is 2. The van der Waals surface area contributed by atoms with Gasteiger partial charge in [0.15, 0.2) is 11.4 Å². The van der Waals surface area contributed by atoms with Gasteiger partial charge in [-0.05, 0) is 43.0 Å². The first-order valence-electron chi connectivity index (χ1n) is 11.6. The van der Waals surface area contributed by atoms with Gasteiger partial charge in [0.1, 0.15) is 10.9 Å². The first kappa shape index (κ1) is 23.8. The van der Waals surface area contributed by atoms with Gasteiger partial charge in [-0.2, -0.15) is 10.1 Å². The number of aromatic nitrogens is 4. The largest absolute Gasteiger partial charge is 0.506 e. The summed E-state index contributed by atoms with van der Waals surface area (Å²) < 4.78 is 0. The first-order chi connectivity index (χ1) is 17.4. The number of benzene rings is 2. The van der Waals surface area contributed by atoms with E-state index in [-0.39, 0.29) is 18.0 Å². The molecule has 0 bridgehead atoms. The van der Waals surface area contributed by atoms with Crippen molar-refractivity contribution in [1.82, 2.24) is 25.1 Å². The Morgan fingerprint density at radius 3 is 2.78 bits per heavy atom. The molecule has 0 unspecified atom stereocenters. The lowest BCUT2D eigenvalue weighted by Gasteiger charge is -2.34. The van der Waals surface area contributed by atoms with E-state index in [0.717, 1.165) is 48.7 Å². The van der Waals surface area contributed by atoms with Gasteiger partial charge < -0.3 is 20.2 Å². The lowest BCUT2D eigenvalue weighted by Crippen LogP contribution is -2.44. The predicted octanol–water partition coefficient (Wildman–Crippen LogP) is 4.17. The predicted molar refractivity (Wildman–Crippen MR) is 142 cm³/mol. The maximum atomic E-state index is 11.9. The molecule has 0 saturated carbocycles. The minimum Gasteiger partial charge on any atom is -0.506 e. The molecule has 0 amide bonds. The number of halogens is 1. The van der Waals surface area contributed by atoms with Crippen LogP contribution in [-0.4, -0.2) is 69.2 Å². The number of carbonyl (C=O) groups excluding carboxylic acids is 1. The van der Waals surface area contributed by atoms with E-state index in [1.165, 1.54) is 6.08 Å². The van der Waals surface area contributed by atoms with E-state index in [0.29, 0.717) is 27.8 Å². The number of fused-ring (bicyclic) bond motifs is 1. The molecule has 3 N–H and O–H groups in total. The van der Waals surface area contributed by atoms with Crippen LogP contribution in [-0.2, 0) is 11.2 Å². The molecular weight excluding hydrogens is 478 g/mol. The quantitative estimate of drug-likeness (QED) is 0.254. The van der Waals surface area contributed by atoms with Gasteiger partial charge in [-0.15, -0.1) is 0 Å². The average Bonchev–Trinajstić information content (AvgIpc) is 3.26. The van der Waals surface area contributed by atoms with Gasteiger partial charge in [-0.1, -0.05) is 36.4 Å².